The summed E-state index contributed by atoms with van der Waals surface area (Å²) in [5.41, 5.74) is 5.89. The van der Waals surface area contributed by atoms with E-state index in [9.17, 15) is 0 Å². The van der Waals surface area contributed by atoms with Gasteiger partial charge in [0.2, 0.25) is 0 Å². The van der Waals surface area contributed by atoms with Crippen LogP contribution in [0.3, 0.4) is 0 Å². The zero-order valence-electron chi connectivity index (χ0n) is 9.51. The van der Waals surface area contributed by atoms with Crippen molar-refractivity contribution in [2.45, 2.75) is 26.3 Å². The van der Waals surface area contributed by atoms with Gasteiger partial charge in [-0.2, -0.15) is 0 Å². The van der Waals surface area contributed by atoms with Gasteiger partial charge in [-0.05, 0) is 39.5 Å². The summed E-state index contributed by atoms with van der Waals surface area (Å²) in [7, 11) is 4.19. The third-order valence-corrected chi connectivity index (χ3v) is 2.20. The molecule has 3 N–H and O–H groups in total. The molecule has 80 valence electrons. The van der Waals surface area contributed by atoms with E-state index in [4.69, 9.17) is 5.73 Å². The molecule has 0 aromatic carbocycles. The van der Waals surface area contributed by atoms with Gasteiger partial charge in [-0.25, -0.2) is 0 Å². The van der Waals surface area contributed by atoms with Gasteiger partial charge in [-0.1, -0.05) is 13.8 Å². The van der Waals surface area contributed by atoms with Crippen molar-refractivity contribution >= 4 is 0 Å². The molecule has 3 heteroatoms. The van der Waals surface area contributed by atoms with Crippen LogP contribution in [0.4, 0.5) is 0 Å². The highest BCUT2D eigenvalue weighted by Crippen LogP contribution is 1.95. The van der Waals surface area contributed by atoms with Gasteiger partial charge in [-0.15, -0.1) is 0 Å². The maximum atomic E-state index is 5.89. The highest BCUT2D eigenvalue weighted by atomic mass is 15.1. The molecule has 13 heavy (non-hydrogen) atoms. The highest BCUT2D eigenvalue weighted by molar-refractivity contribution is 4.67. The van der Waals surface area contributed by atoms with Gasteiger partial charge in [0.15, 0.2) is 0 Å². The van der Waals surface area contributed by atoms with Crippen molar-refractivity contribution in [3.63, 3.8) is 0 Å². The molecule has 0 aromatic rings. The van der Waals surface area contributed by atoms with E-state index in [1.165, 1.54) is 6.42 Å². The molecule has 0 aliphatic heterocycles. The molecule has 0 saturated carbocycles. The van der Waals surface area contributed by atoms with Gasteiger partial charge in [0.05, 0.1) is 0 Å². The SMILES string of the molecule is CC(C)C(N)CNCCCN(C)C. The van der Waals surface area contributed by atoms with Crippen LogP contribution in [0.15, 0.2) is 0 Å². The van der Waals surface area contributed by atoms with E-state index in [-0.39, 0.29) is 0 Å². The number of nitrogens with zero attached hydrogens (tertiary/aromatic N) is 1. The second-order valence-corrected chi connectivity index (χ2v) is 4.27. The van der Waals surface area contributed by atoms with Gasteiger partial charge in [0.25, 0.3) is 0 Å². The number of nitrogens with one attached hydrogen (secondary N) is 1. The Morgan fingerprint density at radius 2 is 1.92 bits per heavy atom. The first kappa shape index (κ1) is 12.9. The van der Waals surface area contributed by atoms with Gasteiger partial charge in [-0.3, -0.25) is 0 Å². The number of hydrogen-bond acceptors (Lipinski definition) is 3. The highest BCUT2D eigenvalue weighted by Gasteiger charge is 2.05. The zero-order chi connectivity index (χ0) is 10.3. The van der Waals surface area contributed by atoms with Crippen molar-refractivity contribution in [3.8, 4) is 0 Å². The fraction of sp³-hybridized carbons (Fsp3) is 1.00. The summed E-state index contributed by atoms with van der Waals surface area (Å²) in [5.74, 6) is 0.571. The first-order valence-electron chi connectivity index (χ1n) is 5.15. The fourth-order valence-electron chi connectivity index (χ4n) is 1.02. The Morgan fingerprint density at radius 1 is 1.31 bits per heavy atom. The lowest BCUT2D eigenvalue weighted by Gasteiger charge is -2.16. The summed E-state index contributed by atoms with van der Waals surface area (Å²) < 4.78 is 0. The first-order valence-corrected chi connectivity index (χ1v) is 5.15. The van der Waals surface area contributed by atoms with Gasteiger partial charge < -0.3 is 16.0 Å². The predicted octanol–water partition coefficient (Wildman–Crippen LogP) is 0.511. The average molecular weight is 187 g/mol. The van der Waals surface area contributed by atoms with Crippen LogP contribution in [0.1, 0.15) is 20.3 Å². The van der Waals surface area contributed by atoms with Crippen molar-refractivity contribution in [2.24, 2.45) is 11.7 Å². The number of hydrogen-bond donors (Lipinski definition) is 2. The lowest BCUT2D eigenvalue weighted by Crippen LogP contribution is -2.38. The Hall–Kier alpha value is -0.120. The lowest BCUT2D eigenvalue weighted by atomic mass is 10.1. The Balaban J connectivity index is 3.16. The quantitative estimate of drug-likeness (QED) is 0.571. The minimum Gasteiger partial charge on any atom is -0.326 e. The molecule has 0 amide bonds. The molecule has 0 radical (unpaired) electrons. The monoisotopic (exact) mass is 187 g/mol. The van der Waals surface area contributed by atoms with E-state index >= 15 is 0 Å². The molecule has 0 aliphatic rings. The van der Waals surface area contributed by atoms with Crippen LogP contribution >= 0.6 is 0 Å². The average Bonchev–Trinajstić information content (AvgIpc) is 2.02. The summed E-state index contributed by atoms with van der Waals surface area (Å²) in [6.07, 6.45) is 1.19. The van der Waals surface area contributed by atoms with Crippen molar-refractivity contribution in [3.05, 3.63) is 0 Å². The molecule has 0 bridgehead atoms. The first-order chi connectivity index (χ1) is 6.04. The molecule has 0 saturated heterocycles. The molecule has 0 heterocycles. The largest absolute Gasteiger partial charge is 0.326 e. The molecule has 0 fully saturated rings. The van der Waals surface area contributed by atoms with Crippen molar-refractivity contribution in [1.29, 1.82) is 0 Å². The second-order valence-electron chi connectivity index (χ2n) is 4.27. The molecular weight excluding hydrogens is 162 g/mol. The Kier molecular flexibility index (Phi) is 7.23. The van der Waals surface area contributed by atoms with E-state index in [1.54, 1.807) is 0 Å². The number of rotatable bonds is 7. The summed E-state index contributed by atoms with van der Waals surface area (Å²) >= 11 is 0. The van der Waals surface area contributed by atoms with Gasteiger partial charge in [0, 0.05) is 12.6 Å². The van der Waals surface area contributed by atoms with Crippen LogP contribution in [0, 0.1) is 5.92 Å². The molecule has 0 aliphatic carbocycles. The molecule has 0 aromatic heterocycles. The van der Waals surface area contributed by atoms with Crippen LogP contribution in [0.25, 0.3) is 0 Å². The second kappa shape index (κ2) is 7.30. The van der Waals surface area contributed by atoms with E-state index < -0.39 is 0 Å². The lowest BCUT2D eigenvalue weighted by molar-refractivity contribution is 0.387. The minimum absolute atomic E-state index is 0.291. The van der Waals surface area contributed by atoms with Crippen LogP contribution in [0.5, 0.6) is 0 Å². The van der Waals surface area contributed by atoms with Crippen molar-refractivity contribution in [1.82, 2.24) is 10.2 Å². The standard InChI is InChI=1S/C10H25N3/c1-9(2)10(11)8-12-6-5-7-13(3)4/h9-10,12H,5-8,11H2,1-4H3. The predicted molar refractivity (Wildman–Crippen MR) is 58.9 cm³/mol. The maximum Gasteiger partial charge on any atom is 0.0188 e. The molecular formula is C10H25N3. The van der Waals surface area contributed by atoms with Crippen LogP contribution in [-0.2, 0) is 0 Å². The molecule has 1 unspecified atom stereocenters. The van der Waals surface area contributed by atoms with Gasteiger partial charge in [0.1, 0.15) is 0 Å². The van der Waals surface area contributed by atoms with E-state index in [1.807, 2.05) is 0 Å². The molecule has 1 atom stereocenters. The fourth-order valence-corrected chi connectivity index (χ4v) is 1.02. The molecule has 0 spiro atoms. The zero-order valence-corrected chi connectivity index (χ0v) is 9.51. The minimum atomic E-state index is 0.291. The third-order valence-electron chi connectivity index (χ3n) is 2.20. The maximum absolute atomic E-state index is 5.89. The van der Waals surface area contributed by atoms with E-state index in [0.717, 1.165) is 19.6 Å². The van der Waals surface area contributed by atoms with E-state index in [0.29, 0.717) is 12.0 Å². The van der Waals surface area contributed by atoms with Crippen LogP contribution in [-0.4, -0.2) is 44.7 Å². The Morgan fingerprint density at radius 3 is 2.38 bits per heavy atom. The third kappa shape index (κ3) is 8.22. The Labute approximate surface area is 82.7 Å². The Bertz CT molecular complexity index is 113. The summed E-state index contributed by atoms with van der Waals surface area (Å²) in [4.78, 5) is 2.20. The molecule has 3 nitrogen and oxygen atoms in total. The smallest absolute Gasteiger partial charge is 0.0188 e. The van der Waals surface area contributed by atoms with Crippen molar-refractivity contribution < 1.29 is 0 Å². The van der Waals surface area contributed by atoms with Crippen LogP contribution in [0.2, 0.25) is 0 Å². The van der Waals surface area contributed by atoms with Gasteiger partial charge >= 0.3 is 0 Å². The van der Waals surface area contributed by atoms with Crippen molar-refractivity contribution in [2.75, 3.05) is 33.7 Å². The summed E-state index contributed by atoms with van der Waals surface area (Å²) in [6, 6.07) is 0.291. The summed E-state index contributed by atoms with van der Waals surface area (Å²) in [6.45, 7) is 7.46. The summed E-state index contributed by atoms with van der Waals surface area (Å²) in [5, 5.41) is 3.37. The van der Waals surface area contributed by atoms with E-state index in [2.05, 4.69) is 38.2 Å². The van der Waals surface area contributed by atoms with Crippen LogP contribution < -0.4 is 11.1 Å². The number of nitrogens with two attached hydrogens (primary N) is 1. The normalized spacial score (nSPS) is 14.1. The topological polar surface area (TPSA) is 41.3 Å². The molecule has 0 rings (SSSR count).